The van der Waals surface area contributed by atoms with E-state index in [0.717, 1.165) is 32.2 Å². The Balaban J connectivity index is 2.00. The Morgan fingerprint density at radius 3 is 2.47 bits per heavy atom. The predicted octanol–water partition coefficient (Wildman–Crippen LogP) is 1.19. The summed E-state index contributed by atoms with van der Waals surface area (Å²) in [6.07, 6.45) is 3.74. The average molecular weight is 260 g/mol. The maximum atomic E-state index is 12.2. The summed E-state index contributed by atoms with van der Waals surface area (Å²) < 4.78 is 26.1. The summed E-state index contributed by atoms with van der Waals surface area (Å²) in [5.74, 6) is 0.470. The van der Waals surface area contributed by atoms with E-state index in [1.807, 2.05) is 0 Å². The van der Waals surface area contributed by atoms with Gasteiger partial charge in [0, 0.05) is 19.1 Å². The number of nitrogens with one attached hydrogen (secondary N) is 1. The molecule has 4 nitrogen and oxygen atoms in total. The molecule has 1 saturated heterocycles. The van der Waals surface area contributed by atoms with Gasteiger partial charge in [-0.1, -0.05) is 20.3 Å². The maximum Gasteiger partial charge on any atom is 0.216 e. The van der Waals surface area contributed by atoms with Gasteiger partial charge in [0.25, 0.3) is 0 Å². The van der Waals surface area contributed by atoms with Crippen LogP contribution in [0.2, 0.25) is 0 Å². The van der Waals surface area contributed by atoms with E-state index in [2.05, 4.69) is 19.2 Å². The normalized spacial score (nSPS) is 31.6. The molecule has 2 rings (SSSR count). The molecule has 5 heteroatoms. The molecule has 0 bridgehead atoms. The number of piperidine rings is 1. The second-order valence-corrected chi connectivity index (χ2v) is 7.44. The monoisotopic (exact) mass is 260 g/mol. The van der Waals surface area contributed by atoms with Crippen molar-refractivity contribution in [1.29, 1.82) is 0 Å². The van der Waals surface area contributed by atoms with Crippen LogP contribution in [0, 0.1) is 5.92 Å². The summed E-state index contributed by atoms with van der Waals surface area (Å²) in [4.78, 5) is 0. The van der Waals surface area contributed by atoms with Gasteiger partial charge in [0.1, 0.15) is 0 Å². The zero-order valence-corrected chi connectivity index (χ0v) is 11.7. The Hall–Kier alpha value is -0.130. The minimum absolute atomic E-state index is 0.0595. The average Bonchev–Trinajstić information content (AvgIpc) is 3.13. The first-order valence-electron chi connectivity index (χ1n) is 6.82. The van der Waals surface area contributed by atoms with Gasteiger partial charge in [-0.2, -0.15) is 0 Å². The molecule has 0 radical (unpaired) electrons. The smallest absolute Gasteiger partial charge is 0.216 e. The number of hydrogen-bond donors (Lipinski definition) is 1. The number of rotatable bonds is 5. The van der Waals surface area contributed by atoms with Crippen molar-refractivity contribution in [2.24, 2.45) is 5.92 Å². The molecule has 2 atom stereocenters. The molecule has 1 aliphatic carbocycles. The molecule has 2 fully saturated rings. The third-order valence-corrected chi connectivity index (χ3v) is 6.36. The highest BCUT2D eigenvalue weighted by atomic mass is 32.2. The number of hydrogen-bond acceptors (Lipinski definition) is 3. The van der Waals surface area contributed by atoms with Gasteiger partial charge in [0.15, 0.2) is 0 Å². The molecule has 0 aromatic carbocycles. The van der Waals surface area contributed by atoms with E-state index < -0.39 is 10.0 Å². The fourth-order valence-corrected chi connectivity index (χ4v) is 4.66. The number of nitrogens with zero attached hydrogens (tertiary/aromatic N) is 1. The summed E-state index contributed by atoms with van der Waals surface area (Å²) in [6.45, 7) is 6.65. The van der Waals surface area contributed by atoms with Crippen molar-refractivity contribution in [3.63, 3.8) is 0 Å². The van der Waals surface area contributed by atoms with E-state index >= 15 is 0 Å². The zero-order chi connectivity index (χ0) is 12.5. The SMILES string of the molecule is CCNC1CCN(S(=O)(=O)C2CC2)CC1CC. The Morgan fingerprint density at radius 2 is 1.94 bits per heavy atom. The molecule has 17 heavy (non-hydrogen) atoms. The van der Waals surface area contributed by atoms with Gasteiger partial charge in [-0.25, -0.2) is 12.7 Å². The summed E-state index contributed by atoms with van der Waals surface area (Å²) in [5, 5.41) is 3.42. The minimum Gasteiger partial charge on any atom is -0.314 e. The van der Waals surface area contributed by atoms with Gasteiger partial charge in [-0.15, -0.1) is 0 Å². The second-order valence-electron chi connectivity index (χ2n) is 5.22. The topological polar surface area (TPSA) is 49.4 Å². The van der Waals surface area contributed by atoms with Crippen LogP contribution < -0.4 is 5.32 Å². The van der Waals surface area contributed by atoms with Crippen LogP contribution in [0.25, 0.3) is 0 Å². The molecule has 1 aliphatic heterocycles. The van der Waals surface area contributed by atoms with Gasteiger partial charge >= 0.3 is 0 Å². The van der Waals surface area contributed by atoms with Crippen molar-refractivity contribution in [3.8, 4) is 0 Å². The van der Waals surface area contributed by atoms with Crippen molar-refractivity contribution < 1.29 is 8.42 Å². The molecular weight excluding hydrogens is 236 g/mol. The van der Waals surface area contributed by atoms with E-state index in [1.54, 1.807) is 4.31 Å². The van der Waals surface area contributed by atoms with Gasteiger partial charge in [0.2, 0.25) is 10.0 Å². The first kappa shape index (κ1) is 13.3. The van der Waals surface area contributed by atoms with Crippen LogP contribution in [0.15, 0.2) is 0 Å². The lowest BCUT2D eigenvalue weighted by Crippen LogP contribution is -2.51. The molecule has 0 amide bonds. The lowest BCUT2D eigenvalue weighted by atomic mass is 9.91. The Bertz CT molecular complexity index is 352. The Kier molecular flexibility index (Phi) is 4.10. The van der Waals surface area contributed by atoms with Crippen LogP contribution >= 0.6 is 0 Å². The van der Waals surface area contributed by atoms with E-state index in [4.69, 9.17) is 0 Å². The zero-order valence-electron chi connectivity index (χ0n) is 10.9. The van der Waals surface area contributed by atoms with E-state index in [9.17, 15) is 8.42 Å². The van der Waals surface area contributed by atoms with Gasteiger partial charge < -0.3 is 5.32 Å². The number of sulfonamides is 1. The molecule has 2 unspecified atom stereocenters. The Labute approximate surface area is 105 Å². The van der Waals surface area contributed by atoms with E-state index in [0.29, 0.717) is 25.0 Å². The summed E-state index contributed by atoms with van der Waals surface area (Å²) in [5.41, 5.74) is 0. The van der Waals surface area contributed by atoms with Crippen LogP contribution in [0.5, 0.6) is 0 Å². The predicted molar refractivity (Wildman–Crippen MR) is 69.4 cm³/mol. The Morgan fingerprint density at radius 1 is 1.24 bits per heavy atom. The maximum absolute atomic E-state index is 12.2. The van der Waals surface area contributed by atoms with E-state index in [-0.39, 0.29) is 5.25 Å². The molecule has 0 spiro atoms. The van der Waals surface area contributed by atoms with Crippen LogP contribution in [-0.2, 0) is 10.0 Å². The fourth-order valence-electron chi connectivity index (χ4n) is 2.75. The second kappa shape index (κ2) is 5.24. The highest BCUT2D eigenvalue weighted by molar-refractivity contribution is 7.90. The van der Waals surface area contributed by atoms with Gasteiger partial charge in [-0.3, -0.25) is 0 Å². The fraction of sp³-hybridized carbons (Fsp3) is 1.00. The van der Waals surface area contributed by atoms with Gasteiger partial charge in [-0.05, 0) is 31.7 Å². The first-order valence-corrected chi connectivity index (χ1v) is 8.32. The highest BCUT2D eigenvalue weighted by Gasteiger charge is 2.42. The van der Waals surface area contributed by atoms with Crippen LogP contribution in [0.4, 0.5) is 0 Å². The molecule has 0 aromatic heterocycles. The van der Waals surface area contributed by atoms with Crippen LogP contribution in [0.1, 0.15) is 39.5 Å². The van der Waals surface area contributed by atoms with Crippen LogP contribution in [0.3, 0.4) is 0 Å². The lowest BCUT2D eigenvalue weighted by molar-refractivity contribution is 0.204. The van der Waals surface area contributed by atoms with Crippen molar-refractivity contribution in [2.45, 2.75) is 50.8 Å². The molecule has 0 aromatic rings. The third-order valence-electron chi connectivity index (χ3n) is 3.99. The largest absolute Gasteiger partial charge is 0.314 e. The molecule has 100 valence electrons. The molecule has 1 heterocycles. The standard InChI is InChI=1S/C12H24N2O2S/c1-3-10-9-14(8-7-12(10)13-4-2)17(15,16)11-5-6-11/h10-13H,3-9H2,1-2H3. The van der Waals surface area contributed by atoms with Crippen molar-refractivity contribution in [2.75, 3.05) is 19.6 Å². The minimum atomic E-state index is -2.96. The molecular formula is C12H24N2O2S. The molecule has 1 saturated carbocycles. The summed E-state index contributed by atoms with van der Waals surface area (Å²) in [7, 11) is -2.96. The van der Waals surface area contributed by atoms with Crippen molar-refractivity contribution in [1.82, 2.24) is 9.62 Å². The summed E-state index contributed by atoms with van der Waals surface area (Å²) >= 11 is 0. The molecule has 2 aliphatic rings. The molecule has 1 N–H and O–H groups in total. The first-order chi connectivity index (χ1) is 8.09. The third kappa shape index (κ3) is 2.83. The van der Waals surface area contributed by atoms with Gasteiger partial charge in [0.05, 0.1) is 5.25 Å². The van der Waals surface area contributed by atoms with Crippen molar-refractivity contribution >= 4 is 10.0 Å². The van der Waals surface area contributed by atoms with Crippen molar-refractivity contribution in [3.05, 3.63) is 0 Å². The highest BCUT2D eigenvalue weighted by Crippen LogP contribution is 2.33. The van der Waals surface area contributed by atoms with E-state index in [1.165, 1.54) is 0 Å². The summed E-state index contributed by atoms with van der Waals surface area (Å²) in [6, 6.07) is 0.496. The van der Waals surface area contributed by atoms with Crippen LogP contribution in [-0.4, -0.2) is 43.6 Å². The lowest BCUT2D eigenvalue weighted by Gasteiger charge is -2.38. The quantitative estimate of drug-likeness (QED) is 0.808.